The Morgan fingerprint density at radius 2 is 2.07 bits per heavy atom. The van der Waals surface area contributed by atoms with Gasteiger partial charge in [0.15, 0.2) is 0 Å². The number of pyridine rings is 1. The average Bonchev–Trinajstić information content (AvgIpc) is 2.23. The molecule has 0 aliphatic carbocycles. The second-order valence-electron chi connectivity index (χ2n) is 3.54. The minimum Gasteiger partial charge on any atom is -0.392 e. The first-order valence-corrected chi connectivity index (χ1v) is 4.68. The van der Waals surface area contributed by atoms with Gasteiger partial charge in [0.2, 0.25) is 0 Å². The number of para-hydroxylation sites is 1. The van der Waals surface area contributed by atoms with E-state index < -0.39 is 0 Å². The van der Waals surface area contributed by atoms with Crippen molar-refractivity contribution in [2.45, 2.75) is 20.5 Å². The highest BCUT2D eigenvalue weighted by atomic mass is 16.3. The van der Waals surface area contributed by atoms with Gasteiger partial charge in [0.25, 0.3) is 0 Å². The number of aryl methyl sites for hydroxylation is 2. The quantitative estimate of drug-likeness (QED) is 0.743. The van der Waals surface area contributed by atoms with Gasteiger partial charge in [0, 0.05) is 17.1 Å². The Bertz CT molecular complexity index is 477. The van der Waals surface area contributed by atoms with Crippen molar-refractivity contribution in [1.82, 2.24) is 4.98 Å². The van der Waals surface area contributed by atoms with Gasteiger partial charge in [-0.25, -0.2) is 0 Å². The molecule has 0 unspecified atom stereocenters. The van der Waals surface area contributed by atoms with Crippen LogP contribution in [0.1, 0.15) is 16.7 Å². The summed E-state index contributed by atoms with van der Waals surface area (Å²) in [6.07, 6.45) is 1.86. The second kappa shape index (κ2) is 3.39. The van der Waals surface area contributed by atoms with Gasteiger partial charge in [-0.2, -0.15) is 0 Å². The highest BCUT2D eigenvalue weighted by molar-refractivity contribution is 5.85. The normalized spacial score (nSPS) is 10.8. The van der Waals surface area contributed by atoms with Crippen LogP contribution in [-0.2, 0) is 6.61 Å². The van der Waals surface area contributed by atoms with Crippen LogP contribution in [0.2, 0.25) is 0 Å². The first-order valence-electron chi connectivity index (χ1n) is 4.68. The molecule has 0 spiro atoms. The topological polar surface area (TPSA) is 33.1 Å². The molecule has 1 N–H and O–H groups in total. The van der Waals surface area contributed by atoms with Crippen molar-refractivity contribution in [3.05, 3.63) is 41.1 Å². The molecule has 0 atom stereocenters. The minimum atomic E-state index is 0.0485. The molecule has 0 bridgehead atoms. The summed E-state index contributed by atoms with van der Waals surface area (Å²) in [5.74, 6) is 0. The molecule has 2 heteroatoms. The number of hydrogen-bond acceptors (Lipinski definition) is 2. The van der Waals surface area contributed by atoms with E-state index in [1.54, 1.807) is 0 Å². The third kappa shape index (κ3) is 1.28. The van der Waals surface area contributed by atoms with Crippen molar-refractivity contribution in [1.29, 1.82) is 0 Å². The predicted molar refractivity (Wildman–Crippen MR) is 57.1 cm³/mol. The Morgan fingerprint density at radius 3 is 2.79 bits per heavy atom. The summed E-state index contributed by atoms with van der Waals surface area (Å²) in [5, 5.41) is 10.3. The van der Waals surface area contributed by atoms with Crippen molar-refractivity contribution >= 4 is 10.9 Å². The molecule has 72 valence electrons. The van der Waals surface area contributed by atoms with Crippen molar-refractivity contribution < 1.29 is 5.11 Å². The van der Waals surface area contributed by atoms with Gasteiger partial charge in [0.05, 0.1) is 12.1 Å². The Kier molecular flexibility index (Phi) is 2.22. The lowest BCUT2D eigenvalue weighted by Gasteiger charge is -2.07. The number of rotatable bonds is 1. The molecule has 14 heavy (non-hydrogen) atoms. The van der Waals surface area contributed by atoms with E-state index in [1.165, 1.54) is 11.1 Å². The third-order valence-corrected chi connectivity index (χ3v) is 2.67. The minimum absolute atomic E-state index is 0.0485. The van der Waals surface area contributed by atoms with Crippen LogP contribution in [0.5, 0.6) is 0 Å². The SMILES string of the molecule is Cc1cnc2c(CO)cccc2c1C. The molecule has 0 fully saturated rings. The maximum Gasteiger partial charge on any atom is 0.0759 e. The molecule has 0 radical (unpaired) electrons. The number of aliphatic hydroxyl groups is 1. The number of aromatic nitrogens is 1. The molecule has 2 rings (SSSR count). The smallest absolute Gasteiger partial charge is 0.0759 e. The van der Waals surface area contributed by atoms with E-state index in [9.17, 15) is 0 Å². The maximum atomic E-state index is 9.16. The van der Waals surface area contributed by atoms with E-state index in [4.69, 9.17) is 5.11 Å². The van der Waals surface area contributed by atoms with Crippen LogP contribution in [0.4, 0.5) is 0 Å². The molecule has 0 aliphatic rings. The van der Waals surface area contributed by atoms with Gasteiger partial charge < -0.3 is 5.11 Å². The lowest BCUT2D eigenvalue weighted by molar-refractivity contribution is 0.283. The molecule has 1 aromatic carbocycles. The zero-order chi connectivity index (χ0) is 10.1. The van der Waals surface area contributed by atoms with E-state index >= 15 is 0 Å². The molecule has 0 amide bonds. The van der Waals surface area contributed by atoms with Crippen molar-refractivity contribution in [3.63, 3.8) is 0 Å². The number of aliphatic hydroxyl groups excluding tert-OH is 1. The summed E-state index contributed by atoms with van der Waals surface area (Å²) >= 11 is 0. The molecule has 2 nitrogen and oxygen atoms in total. The van der Waals surface area contributed by atoms with Gasteiger partial charge in [-0.15, -0.1) is 0 Å². The number of hydrogen-bond donors (Lipinski definition) is 1. The van der Waals surface area contributed by atoms with Crippen LogP contribution in [0.25, 0.3) is 10.9 Å². The summed E-state index contributed by atoms with van der Waals surface area (Å²) in [6, 6.07) is 5.91. The fourth-order valence-electron chi connectivity index (χ4n) is 1.64. The van der Waals surface area contributed by atoms with E-state index in [0.29, 0.717) is 0 Å². The summed E-state index contributed by atoms with van der Waals surface area (Å²) in [7, 11) is 0. The molecule has 0 saturated heterocycles. The zero-order valence-electron chi connectivity index (χ0n) is 8.41. The summed E-state index contributed by atoms with van der Waals surface area (Å²) in [5.41, 5.74) is 4.24. The third-order valence-electron chi connectivity index (χ3n) is 2.67. The fraction of sp³-hybridized carbons (Fsp3) is 0.250. The summed E-state index contributed by atoms with van der Waals surface area (Å²) in [6.45, 7) is 4.18. The number of benzene rings is 1. The van der Waals surface area contributed by atoms with Gasteiger partial charge >= 0.3 is 0 Å². The van der Waals surface area contributed by atoms with Crippen molar-refractivity contribution in [2.75, 3.05) is 0 Å². The first-order chi connectivity index (χ1) is 6.74. The van der Waals surface area contributed by atoms with Gasteiger partial charge in [-0.1, -0.05) is 18.2 Å². The van der Waals surface area contributed by atoms with E-state index in [-0.39, 0.29) is 6.61 Å². The van der Waals surface area contributed by atoms with Crippen LogP contribution >= 0.6 is 0 Å². The second-order valence-corrected chi connectivity index (χ2v) is 3.54. The van der Waals surface area contributed by atoms with Gasteiger partial charge in [-0.05, 0) is 25.0 Å². The molecule has 1 heterocycles. The van der Waals surface area contributed by atoms with Crippen LogP contribution in [0.3, 0.4) is 0 Å². The van der Waals surface area contributed by atoms with Crippen molar-refractivity contribution in [2.24, 2.45) is 0 Å². The van der Waals surface area contributed by atoms with E-state index in [1.807, 2.05) is 31.3 Å². The summed E-state index contributed by atoms with van der Waals surface area (Å²) < 4.78 is 0. The Balaban J connectivity index is 2.86. The molecular weight excluding hydrogens is 174 g/mol. The molecule has 1 aromatic heterocycles. The Morgan fingerprint density at radius 1 is 1.29 bits per heavy atom. The fourth-order valence-corrected chi connectivity index (χ4v) is 1.64. The van der Waals surface area contributed by atoms with Gasteiger partial charge in [0.1, 0.15) is 0 Å². The predicted octanol–water partition coefficient (Wildman–Crippen LogP) is 2.34. The zero-order valence-corrected chi connectivity index (χ0v) is 8.41. The van der Waals surface area contributed by atoms with Crippen LogP contribution in [-0.4, -0.2) is 10.1 Å². The van der Waals surface area contributed by atoms with Gasteiger partial charge in [-0.3, -0.25) is 4.98 Å². The maximum absolute atomic E-state index is 9.16. The largest absolute Gasteiger partial charge is 0.392 e. The molecule has 2 aromatic rings. The number of fused-ring (bicyclic) bond motifs is 1. The lowest BCUT2D eigenvalue weighted by Crippen LogP contribution is -1.92. The Labute approximate surface area is 83.2 Å². The lowest BCUT2D eigenvalue weighted by atomic mass is 10.0. The van der Waals surface area contributed by atoms with Crippen molar-refractivity contribution in [3.8, 4) is 0 Å². The monoisotopic (exact) mass is 187 g/mol. The highest BCUT2D eigenvalue weighted by Gasteiger charge is 2.04. The molecular formula is C12H13NO. The summed E-state index contributed by atoms with van der Waals surface area (Å²) in [4.78, 5) is 4.35. The van der Waals surface area contributed by atoms with E-state index in [2.05, 4.69) is 11.9 Å². The standard InChI is InChI=1S/C12H13NO/c1-8-6-13-12-10(7-14)4-3-5-11(12)9(8)2/h3-6,14H,7H2,1-2H3. The molecule has 0 saturated carbocycles. The van der Waals surface area contributed by atoms with Crippen LogP contribution in [0, 0.1) is 13.8 Å². The van der Waals surface area contributed by atoms with Crippen LogP contribution in [0.15, 0.2) is 24.4 Å². The average molecular weight is 187 g/mol. The highest BCUT2D eigenvalue weighted by Crippen LogP contribution is 2.21. The van der Waals surface area contributed by atoms with Crippen LogP contribution < -0.4 is 0 Å². The number of nitrogens with zero attached hydrogens (tertiary/aromatic N) is 1. The Hall–Kier alpha value is -1.41. The van der Waals surface area contributed by atoms with E-state index in [0.717, 1.165) is 16.5 Å². The molecule has 0 aliphatic heterocycles. The first kappa shape index (κ1) is 9.16.